The number of hydrogen-bond acceptors (Lipinski definition) is 8. The molecule has 2 aromatic rings. The van der Waals surface area contributed by atoms with Crippen molar-refractivity contribution in [3.63, 3.8) is 0 Å². The summed E-state index contributed by atoms with van der Waals surface area (Å²) in [7, 11) is 0. The van der Waals surface area contributed by atoms with Crippen molar-refractivity contribution in [2.75, 3.05) is 11.1 Å². The van der Waals surface area contributed by atoms with E-state index < -0.39 is 5.54 Å². The van der Waals surface area contributed by atoms with Gasteiger partial charge in [-0.05, 0) is 44.9 Å². The summed E-state index contributed by atoms with van der Waals surface area (Å²) in [5.41, 5.74) is 8.09. The van der Waals surface area contributed by atoms with E-state index in [4.69, 9.17) is 10.6 Å². The minimum atomic E-state index is -0.396. The van der Waals surface area contributed by atoms with E-state index in [1.807, 2.05) is 31.2 Å². The van der Waals surface area contributed by atoms with E-state index in [1.165, 1.54) is 12.4 Å². The smallest absolute Gasteiger partial charge is 0.275 e. The molecule has 0 saturated carbocycles. The summed E-state index contributed by atoms with van der Waals surface area (Å²) < 4.78 is 0. The first kappa shape index (κ1) is 19.8. The van der Waals surface area contributed by atoms with Crippen molar-refractivity contribution < 1.29 is 9.63 Å². The second kappa shape index (κ2) is 8.39. The standard InChI is InChI=1S/C19H22N6O2S/c1-12(2)25-27-16-11-21-15(10-22-16)17(26)23-14-6-4-5-13(9-14)19(3)7-8-28-18(20)24-19/h4-6,9-11H,7-8H2,1-3H3,(H2,20,24)(H,23,26)/t19-/m0/s1. The first-order chi connectivity index (χ1) is 13.4. The lowest BCUT2D eigenvalue weighted by molar-refractivity contribution is 0.102. The first-order valence-corrected chi connectivity index (χ1v) is 9.74. The van der Waals surface area contributed by atoms with Crippen molar-refractivity contribution in [3.05, 3.63) is 47.9 Å². The van der Waals surface area contributed by atoms with E-state index in [0.717, 1.165) is 23.4 Å². The van der Waals surface area contributed by atoms with E-state index in [-0.39, 0.29) is 17.5 Å². The predicted molar refractivity (Wildman–Crippen MR) is 112 cm³/mol. The summed E-state index contributed by atoms with van der Waals surface area (Å²) in [5, 5.41) is 7.22. The van der Waals surface area contributed by atoms with Crippen molar-refractivity contribution in [3.8, 4) is 5.88 Å². The van der Waals surface area contributed by atoms with Crippen LogP contribution in [0.25, 0.3) is 0 Å². The maximum atomic E-state index is 12.5. The van der Waals surface area contributed by atoms with Gasteiger partial charge < -0.3 is 15.9 Å². The molecule has 9 heteroatoms. The molecular formula is C19H22N6O2S. The summed E-state index contributed by atoms with van der Waals surface area (Å²) in [6.07, 6.45) is 3.58. The fourth-order valence-electron chi connectivity index (χ4n) is 2.64. The minimum Gasteiger partial charge on any atom is -0.379 e. The number of rotatable bonds is 5. The Hall–Kier alpha value is -2.94. The number of amides is 1. The molecule has 1 amide bonds. The molecule has 0 aliphatic carbocycles. The van der Waals surface area contributed by atoms with Gasteiger partial charge in [0.25, 0.3) is 11.8 Å². The highest BCUT2D eigenvalue weighted by Crippen LogP contribution is 2.35. The van der Waals surface area contributed by atoms with Gasteiger partial charge in [0, 0.05) is 11.4 Å². The van der Waals surface area contributed by atoms with Gasteiger partial charge in [-0.25, -0.2) is 9.97 Å². The number of nitrogens with zero attached hydrogens (tertiary/aromatic N) is 4. The minimum absolute atomic E-state index is 0.178. The molecule has 28 heavy (non-hydrogen) atoms. The third kappa shape index (κ3) is 4.86. The van der Waals surface area contributed by atoms with Gasteiger partial charge in [0.1, 0.15) is 5.69 Å². The second-order valence-corrected chi connectivity index (χ2v) is 7.84. The molecule has 1 aromatic carbocycles. The Morgan fingerprint density at radius 1 is 1.32 bits per heavy atom. The lowest BCUT2D eigenvalue weighted by atomic mass is 9.89. The van der Waals surface area contributed by atoms with Gasteiger partial charge in [-0.3, -0.25) is 9.79 Å². The molecule has 3 rings (SSSR count). The number of oxime groups is 1. The van der Waals surface area contributed by atoms with Crippen molar-refractivity contribution in [1.82, 2.24) is 9.97 Å². The van der Waals surface area contributed by atoms with E-state index in [2.05, 4.69) is 25.4 Å². The number of aromatic nitrogens is 2. The maximum Gasteiger partial charge on any atom is 0.275 e. The number of amidine groups is 1. The van der Waals surface area contributed by atoms with Gasteiger partial charge in [0.15, 0.2) is 5.17 Å². The molecule has 1 aliphatic heterocycles. The number of thioether (sulfide) groups is 1. The Bertz CT molecular complexity index is 924. The largest absolute Gasteiger partial charge is 0.379 e. The Kier molecular flexibility index (Phi) is 5.93. The Morgan fingerprint density at radius 2 is 2.14 bits per heavy atom. The van der Waals surface area contributed by atoms with Crippen LogP contribution >= 0.6 is 11.8 Å². The lowest BCUT2D eigenvalue weighted by Crippen LogP contribution is -2.28. The fourth-order valence-corrected chi connectivity index (χ4v) is 3.62. The third-order valence-corrected chi connectivity index (χ3v) is 4.92. The molecule has 3 N–H and O–H groups in total. The molecule has 146 valence electrons. The third-order valence-electron chi connectivity index (χ3n) is 4.12. The molecule has 1 atom stereocenters. The summed E-state index contributed by atoms with van der Waals surface area (Å²) in [5.74, 6) is 0.769. The molecule has 0 spiro atoms. The number of anilines is 1. The Morgan fingerprint density at radius 3 is 2.82 bits per heavy atom. The fraction of sp³-hybridized carbons (Fsp3) is 0.316. The van der Waals surface area contributed by atoms with Gasteiger partial charge in [-0.15, -0.1) is 0 Å². The van der Waals surface area contributed by atoms with Crippen LogP contribution in [0.2, 0.25) is 0 Å². The number of carbonyl (C=O) groups is 1. The molecule has 0 saturated heterocycles. The maximum absolute atomic E-state index is 12.5. The van der Waals surface area contributed by atoms with Gasteiger partial charge in [-0.2, -0.15) is 0 Å². The van der Waals surface area contributed by atoms with Crippen molar-refractivity contribution in [1.29, 1.82) is 0 Å². The predicted octanol–water partition coefficient (Wildman–Crippen LogP) is 3.17. The van der Waals surface area contributed by atoms with Crippen LogP contribution in [0.5, 0.6) is 5.88 Å². The number of nitrogens with one attached hydrogen (secondary N) is 1. The van der Waals surface area contributed by atoms with Crippen LogP contribution in [-0.4, -0.2) is 32.5 Å². The van der Waals surface area contributed by atoms with E-state index >= 15 is 0 Å². The van der Waals surface area contributed by atoms with Crippen LogP contribution in [0.3, 0.4) is 0 Å². The summed E-state index contributed by atoms with van der Waals surface area (Å²) >= 11 is 1.56. The lowest BCUT2D eigenvalue weighted by Gasteiger charge is -2.30. The molecule has 0 bridgehead atoms. The van der Waals surface area contributed by atoms with Crippen LogP contribution in [-0.2, 0) is 5.54 Å². The van der Waals surface area contributed by atoms with Crippen molar-refractivity contribution in [2.24, 2.45) is 15.9 Å². The number of nitrogens with two attached hydrogens (primary N) is 1. The molecule has 0 unspecified atom stereocenters. The highest BCUT2D eigenvalue weighted by atomic mass is 32.2. The summed E-state index contributed by atoms with van der Waals surface area (Å²) in [4.78, 5) is 30.3. The van der Waals surface area contributed by atoms with Crippen molar-refractivity contribution in [2.45, 2.75) is 32.7 Å². The number of hydrogen-bond donors (Lipinski definition) is 2. The Balaban J connectivity index is 1.73. The Labute approximate surface area is 167 Å². The molecule has 1 aromatic heterocycles. The zero-order valence-electron chi connectivity index (χ0n) is 16.0. The number of benzene rings is 1. The average Bonchev–Trinajstić information content (AvgIpc) is 2.67. The van der Waals surface area contributed by atoms with Gasteiger partial charge in [0.05, 0.1) is 23.6 Å². The van der Waals surface area contributed by atoms with Crippen LogP contribution < -0.4 is 15.9 Å². The quantitative estimate of drug-likeness (QED) is 0.590. The number of carbonyl (C=O) groups excluding carboxylic acids is 1. The summed E-state index contributed by atoms with van der Waals surface area (Å²) in [6, 6.07) is 7.61. The highest BCUT2D eigenvalue weighted by Gasteiger charge is 2.29. The van der Waals surface area contributed by atoms with Crippen molar-refractivity contribution >= 4 is 34.2 Å². The van der Waals surface area contributed by atoms with E-state index in [9.17, 15) is 4.79 Å². The van der Waals surface area contributed by atoms with E-state index in [1.54, 1.807) is 25.6 Å². The van der Waals surface area contributed by atoms with Gasteiger partial charge in [-0.1, -0.05) is 29.1 Å². The zero-order valence-corrected chi connectivity index (χ0v) is 16.8. The average molecular weight is 398 g/mol. The number of aliphatic imine (C=N–C) groups is 1. The SMILES string of the molecule is CC(C)=NOc1cnc(C(=O)Nc2cccc([C@]3(C)CCSC(N)=N3)c2)cn1. The monoisotopic (exact) mass is 398 g/mol. The topological polar surface area (TPSA) is 115 Å². The van der Waals surface area contributed by atoms with Crippen LogP contribution in [0.4, 0.5) is 5.69 Å². The van der Waals surface area contributed by atoms with Crippen LogP contribution in [0, 0.1) is 0 Å². The molecular weight excluding hydrogens is 376 g/mol. The molecule has 2 heterocycles. The molecule has 0 radical (unpaired) electrons. The normalized spacial score (nSPS) is 18.8. The summed E-state index contributed by atoms with van der Waals surface area (Å²) in [6.45, 7) is 5.65. The highest BCUT2D eigenvalue weighted by molar-refractivity contribution is 8.13. The zero-order chi connectivity index (χ0) is 20.1. The van der Waals surface area contributed by atoms with Gasteiger partial charge in [0.2, 0.25) is 0 Å². The van der Waals surface area contributed by atoms with Gasteiger partial charge >= 0.3 is 0 Å². The molecule has 8 nitrogen and oxygen atoms in total. The second-order valence-electron chi connectivity index (χ2n) is 6.73. The molecule has 0 fully saturated rings. The van der Waals surface area contributed by atoms with E-state index in [0.29, 0.717) is 10.9 Å². The van der Waals surface area contributed by atoms with Crippen LogP contribution in [0.15, 0.2) is 46.8 Å². The molecule has 1 aliphatic rings. The first-order valence-electron chi connectivity index (χ1n) is 8.76. The van der Waals surface area contributed by atoms with Crippen LogP contribution in [0.1, 0.15) is 43.2 Å².